The van der Waals surface area contributed by atoms with Crippen molar-refractivity contribution in [1.29, 1.82) is 0 Å². The van der Waals surface area contributed by atoms with Gasteiger partial charge < -0.3 is 0 Å². The fraction of sp³-hybridized carbons (Fsp3) is 0.458. The van der Waals surface area contributed by atoms with E-state index in [4.69, 9.17) is 0 Å². The second kappa shape index (κ2) is 6.79. The summed E-state index contributed by atoms with van der Waals surface area (Å²) in [6, 6.07) is 20.4. The van der Waals surface area contributed by atoms with Crippen molar-refractivity contribution in [2.75, 3.05) is 0 Å². The lowest BCUT2D eigenvalue weighted by Crippen LogP contribution is -2.54. The van der Waals surface area contributed by atoms with E-state index in [0.717, 1.165) is 17.8 Å². The van der Waals surface area contributed by atoms with Gasteiger partial charge in [-0.3, -0.25) is 10.2 Å². The highest BCUT2D eigenvalue weighted by Gasteiger charge is 2.54. The lowest BCUT2D eigenvalue weighted by molar-refractivity contribution is -0.0767. The quantitative estimate of drug-likeness (QED) is 0.746. The summed E-state index contributed by atoms with van der Waals surface area (Å²) in [5.74, 6) is 2.60. The summed E-state index contributed by atoms with van der Waals surface area (Å²) in [5.41, 5.74) is 8.80. The van der Waals surface area contributed by atoms with Crippen molar-refractivity contribution < 1.29 is 4.79 Å². The molecule has 1 unspecified atom stereocenters. The van der Waals surface area contributed by atoms with Gasteiger partial charge in [-0.15, -0.1) is 0 Å². The van der Waals surface area contributed by atoms with Crippen LogP contribution in [-0.4, -0.2) is 5.91 Å². The summed E-state index contributed by atoms with van der Waals surface area (Å²) in [4.78, 5) is 12.6. The molecule has 4 aliphatic rings. The van der Waals surface area contributed by atoms with E-state index in [1.54, 1.807) is 0 Å². The lowest BCUT2D eigenvalue weighted by Gasteiger charge is -2.59. The van der Waals surface area contributed by atoms with Crippen molar-refractivity contribution in [2.24, 2.45) is 23.2 Å². The Kier molecular flexibility index (Phi) is 4.28. The third-order valence-electron chi connectivity index (χ3n) is 7.20. The van der Waals surface area contributed by atoms with E-state index in [9.17, 15) is 4.79 Å². The molecular weight excluding hydrogens is 332 g/mol. The molecule has 0 saturated heterocycles. The zero-order valence-corrected chi connectivity index (χ0v) is 15.7. The number of hydrogen-bond acceptors (Lipinski definition) is 2. The van der Waals surface area contributed by atoms with Crippen LogP contribution in [0.2, 0.25) is 0 Å². The van der Waals surface area contributed by atoms with Crippen LogP contribution in [0.3, 0.4) is 0 Å². The molecule has 3 nitrogen and oxygen atoms in total. The minimum Gasteiger partial charge on any atom is -0.287 e. The molecule has 4 fully saturated rings. The van der Waals surface area contributed by atoms with Crippen molar-refractivity contribution in [3.63, 3.8) is 0 Å². The van der Waals surface area contributed by atoms with Crippen molar-refractivity contribution in [1.82, 2.24) is 10.9 Å². The Morgan fingerprint density at radius 1 is 0.815 bits per heavy atom. The van der Waals surface area contributed by atoms with E-state index in [1.165, 1.54) is 44.1 Å². The van der Waals surface area contributed by atoms with Crippen LogP contribution in [0.5, 0.6) is 0 Å². The van der Waals surface area contributed by atoms with Crippen LogP contribution >= 0.6 is 0 Å². The molecule has 1 atom stereocenters. The number of rotatable bonds is 5. The van der Waals surface area contributed by atoms with Crippen LogP contribution in [0.4, 0.5) is 0 Å². The molecule has 3 heteroatoms. The van der Waals surface area contributed by atoms with Gasteiger partial charge in [-0.1, -0.05) is 48.5 Å². The molecule has 4 aliphatic carbocycles. The Balaban J connectivity index is 1.41. The average Bonchev–Trinajstić information content (AvgIpc) is 2.68. The topological polar surface area (TPSA) is 41.1 Å². The predicted octanol–water partition coefficient (Wildman–Crippen LogP) is 4.88. The SMILES string of the molecule is O=C(NNC(c1ccccc1)C12CC3CC(CC(C3)C1)C2)c1ccccc1. The molecule has 0 aromatic heterocycles. The lowest BCUT2D eigenvalue weighted by atomic mass is 9.47. The maximum Gasteiger partial charge on any atom is 0.265 e. The number of hydrazine groups is 1. The maximum atomic E-state index is 12.6. The molecule has 6 rings (SSSR count). The van der Waals surface area contributed by atoms with Gasteiger partial charge in [0.2, 0.25) is 0 Å². The van der Waals surface area contributed by atoms with Crippen LogP contribution in [-0.2, 0) is 0 Å². The standard InChI is InChI=1S/C24H28N2O/c27-23(21-9-5-2-6-10-21)26-25-22(20-7-3-1-4-8-20)24-14-17-11-18(15-24)13-19(12-17)16-24/h1-10,17-19,22,25H,11-16H2,(H,26,27). The van der Waals surface area contributed by atoms with Crippen LogP contribution < -0.4 is 10.9 Å². The second-order valence-corrected chi connectivity index (χ2v) is 9.09. The van der Waals surface area contributed by atoms with Gasteiger partial charge in [0.15, 0.2) is 0 Å². The zero-order chi connectivity index (χ0) is 18.3. The Bertz CT molecular complexity index is 766. The van der Waals surface area contributed by atoms with Gasteiger partial charge in [-0.25, -0.2) is 5.43 Å². The zero-order valence-electron chi connectivity index (χ0n) is 15.7. The van der Waals surface area contributed by atoms with Crippen LogP contribution in [0.15, 0.2) is 60.7 Å². The fourth-order valence-electron chi connectivity index (χ4n) is 6.57. The number of carbonyl (C=O) groups is 1. The van der Waals surface area contributed by atoms with Gasteiger partial charge in [0.25, 0.3) is 5.91 Å². The Morgan fingerprint density at radius 2 is 1.33 bits per heavy atom. The van der Waals surface area contributed by atoms with Crippen molar-refractivity contribution in [3.8, 4) is 0 Å². The van der Waals surface area contributed by atoms with Gasteiger partial charge >= 0.3 is 0 Å². The van der Waals surface area contributed by atoms with Gasteiger partial charge in [0.05, 0.1) is 6.04 Å². The predicted molar refractivity (Wildman–Crippen MR) is 107 cm³/mol. The highest BCUT2D eigenvalue weighted by Crippen LogP contribution is 2.63. The molecule has 0 aliphatic heterocycles. The first-order chi connectivity index (χ1) is 13.2. The Morgan fingerprint density at radius 3 is 1.89 bits per heavy atom. The summed E-state index contributed by atoms with van der Waals surface area (Å²) in [7, 11) is 0. The molecule has 0 radical (unpaired) electrons. The summed E-state index contributed by atoms with van der Waals surface area (Å²) < 4.78 is 0. The summed E-state index contributed by atoms with van der Waals surface area (Å²) in [5, 5.41) is 0. The number of amides is 1. The average molecular weight is 361 g/mol. The molecule has 2 N–H and O–H groups in total. The van der Waals surface area contributed by atoms with E-state index in [2.05, 4.69) is 41.2 Å². The molecule has 4 bridgehead atoms. The first kappa shape index (κ1) is 17.0. The van der Waals surface area contributed by atoms with Crippen LogP contribution in [0.1, 0.15) is 60.5 Å². The van der Waals surface area contributed by atoms with Crippen LogP contribution in [0, 0.1) is 23.2 Å². The minimum atomic E-state index is -0.0544. The van der Waals surface area contributed by atoms with Gasteiger partial charge in [0, 0.05) is 5.56 Å². The molecule has 4 saturated carbocycles. The van der Waals surface area contributed by atoms with Crippen molar-refractivity contribution in [2.45, 2.75) is 44.6 Å². The molecule has 2 aromatic rings. The Hall–Kier alpha value is -2.13. The third-order valence-corrected chi connectivity index (χ3v) is 7.20. The van der Waals surface area contributed by atoms with E-state index < -0.39 is 0 Å². The van der Waals surface area contributed by atoms with E-state index in [1.807, 2.05) is 30.3 Å². The molecule has 1 amide bonds. The van der Waals surface area contributed by atoms with E-state index in [-0.39, 0.29) is 17.4 Å². The normalized spacial score (nSPS) is 32.2. The smallest absolute Gasteiger partial charge is 0.265 e. The number of carbonyl (C=O) groups excluding carboxylic acids is 1. The molecule has 27 heavy (non-hydrogen) atoms. The monoisotopic (exact) mass is 360 g/mol. The molecule has 0 spiro atoms. The summed E-state index contributed by atoms with van der Waals surface area (Å²) >= 11 is 0. The van der Waals surface area contributed by atoms with Gasteiger partial charge in [0.1, 0.15) is 0 Å². The molecule has 140 valence electrons. The largest absolute Gasteiger partial charge is 0.287 e. The minimum absolute atomic E-state index is 0.0544. The first-order valence-electron chi connectivity index (χ1n) is 10.4. The fourth-order valence-corrected chi connectivity index (χ4v) is 6.57. The highest BCUT2D eigenvalue weighted by atomic mass is 16.2. The molecular formula is C24H28N2O. The van der Waals surface area contributed by atoms with Crippen LogP contribution in [0.25, 0.3) is 0 Å². The third kappa shape index (κ3) is 3.19. The van der Waals surface area contributed by atoms with Gasteiger partial charge in [-0.05, 0) is 79.4 Å². The van der Waals surface area contributed by atoms with E-state index in [0.29, 0.717) is 5.56 Å². The highest BCUT2D eigenvalue weighted by molar-refractivity contribution is 5.93. The number of nitrogens with one attached hydrogen (secondary N) is 2. The summed E-state index contributed by atoms with van der Waals surface area (Å²) in [6.45, 7) is 0. The van der Waals surface area contributed by atoms with Gasteiger partial charge in [-0.2, -0.15) is 0 Å². The molecule has 2 aromatic carbocycles. The Labute approximate surface area is 161 Å². The number of benzene rings is 2. The summed E-state index contributed by atoms with van der Waals surface area (Å²) in [6.07, 6.45) is 8.18. The second-order valence-electron chi connectivity index (χ2n) is 9.09. The molecule has 0 heterocycles. The van der Waals surface area contributed by atoms with Crippen molar-refractivity contribution in [3.05, 3.63) is 71.8 Å². The van der Waals surface area contributed by atoms with E-state index >= 15 is 0 Å². The van der Waals surface area contributed by atoms with Crippen molar-refractivity contribution >= 4 is 5.91 Å². The maximum absolute atomic E-state index is 12.6. The number of hydrogen-bond donors (Lipinski definition) is 2. The first-order valence-corrected chi connectivity index (χ1v) is 10.4.